The number of carbonyl (C=O) groups excluding carboxylic acids is 2. The van der Waals surface area contributed by atoms with Crippen molar-refractivity contribution in [3.63, 3.8) is 0 Å². The monoisotopic (exact) mass is 396 g/mol. The van der Waals surface area contributed by atoms with Gasteiger partial charge in [-0.25, -0.2) is 0 Å². The molecule has 29 heavy (non-hydrogen) atoms. The van der Waals surface area contributed by atoms with Crippen molar-refractivity contribution in [3.05, 3.63) is 65.7 Å². The van der Waals surface area contributed by atoms with Gasteiger partial charge in [-0.05, 0) is 17.7 Å². The molecule has 2 aromatic carbocycles. The molecule has 1 aliphatic heterocycles. The van der Waals surface area contributed by atoms with E-state index in [0.29, 0.717) is 37.5 Å². The molecule has 1 heterocycles. The van der Waals surface area contributed by atoms with E-state index >= 15 is 0 Å². The van der Waals surface area contributed by atoms with E-state index in [1.165, 1.54) is 5.56 Å². The summed E-state index contributed by atoms with van der Waals surface area (Å²) in [6.07, 6.45) is 0.0648. The molecule has 1 fully saturated rings. The maximum atomic E-state index is 12.6. The first-order valence-electron chi connectivity index (χ1n) is 9.90. The molecular weight excluding hydrogens is 368 g/mol. The van der Waals surface area contributed by atoms with Crippen molar-refractivity contribution >= 4 is 17.5 Å². The number of ether oxygens (including phenoxy) is 1. The van der Waals surface area contributed by atoms with Gasteiger partial charge in [0.15, 0.2) is 0 Å². The smallest absolute Gasteiger partial charge is 0.253 e. The maximum Gasteiger partial charge on any atom is 0.253 e. The van der Waals surface area contributed by atoms with Gasteiger partial charge in [0.05, 0.1) is 30.4 Å². The number of amides is 2. The third-order valence-corrected chi connectivity index (χ3v) is 4.76. The topological polar surface area (TPSA) is 96.7 Å². The molecule has 1 aliphatic rings. The number of para-hydroxylation sites is 1. The van der Waals surface area contributed by atoms with E-state index in [-0.39, 0.29) is 24.3 Å². The number of hydrogen-bond donors (Lipinski definition) is 3. The Morgan fingerprint density at radius 1 is 1.10 bits per heavy atom. The zero-order chi connectivity index (χ0) is 20.5. The molecule has 0 aliphatic carbocycles. The Morgan fingerprint density at radius 3 is 2.66 bits per heavy atom. The van der Waals surface area contributed by atoms with Crippen LogP contribution in [0.1, 0.15) is 22.3 Å². The van der Waals surface area contributed by atoms with E-state index in [4.69, 9.17) is 10.5 Å². The van der Waals surface area contributed by atoms with Crippen LogP contribution < -0.4 is 16.4 Å². The molecular formula is C22H28N4O3. The third kappa shape index (κ3) is 6.39. The number of nitrogens with zero attached hydrogens (tertiary/aromatic N) is 1. The number of benzene rings is 2. The van der Waals surface area contributed by atoms with Gasteiger partial charge in [0, 0.05) is 32.7 Å². The molecule has 1 unspecified atom stereocenters. The highest BCUT2D eigenvalue weighted by molar-refractivity contribution is 6.03. The Labute approximate surface area is 171 Å². The second-order valence-electron chi connectivity index (χ2n) is 7.06. The SMILES string of the molecule is NCCNC(=O)c1ccccc1NC(=O)CC1CN(Cc2ccccc2)CCO1. The number of rotatable bonds is 8. The van der Waals surface area contributed by atoms with Gasteiger partial charge in [0.2, 0.25) is 5.91 Å². The van der Waals surface area contributed by atoms with Crippen LogP contribution in [0.3, 0.4) is 0 Å². The summed E-state index contributed by atoms with van der Waals surface area (Å²) in [5.41, 5.74) is 7.59. The quantitative estimate of drug-likeness (QED) is 0.630. The Morgan fingerprint density at radius 2 is 1.86 bits per heavy atom. The standard InChI is InChI=1S/C22H28N4O3/c23-10-11-24-22(28)19-8-4-5-9-20(19)25-21(27)14-18-16-26(12-13-29-18)15-17-6-2-1-3-7-17/h1-9,18H,10-16,23H2,(H,24,28)(H,25,27). The molecule has 2 amide bonds. The van der Waals surface area contributed by atoms with Crippen LogP contribution in [0, 0.1) is 0 Å². The molecule has 2 aromatic rings. The second-order valence-corrected chi connectivity index (χ2v) is 7.06. The summed E-state index contributed by atoms with van der Waals surface area (Å²) in [4.78, 5) is 27.1. The molecule has 0 saturated carbocycles. The fraction of sp³-hybridized carbons (Fsp3) is 0.364. The van der Waals surface area contributed by atoms with Crippen molar-refractivity contribution in [2.45, 2.75) is 19.1 Å². The van der Waals surface area contributed by atoms with E-state index in [2.05, 4.69) is 27.7 Å². The molecule has 7 heteroatoms. The molecule has 1 atom stereocenters. The van der Waals surface area contributed by atoms with Crippen molar-refractivity contribution in [1.82, 2.24) is 10.2 Å². The van der Waals surface area contributed by atoms with E-state index in [0.717, 1.165) is 13.1 Å². The highest BCUT2D eigenvalue weighted by Gasteiger charge is 2.23. The van der Waals surface area contributed by atoms with Gasteiger partial charge in [-0.1, -0.05) is 42.5 Å². The van der Waals surface area contributed by atoms with E-state index in [9.17, 15) is 9.59 Å². The molecule has 0 radical (unpaired) electrons. The van der Waals surface area contributed by atoms with Gasteiger partial charge in [0.25, 0.3) is 5.91 Å². The Kier molecular flexibility index (Phi) is 7.75. The Balaban J connectivity index is 1.55. The van der Waals surface area contributed by atoms with Gasteiger partial charge in [-0.2, -0.15) is 0 Å². The minimum atomic E-state index is -0.255. The average Bonchev–Trinajstić information content (AvgIpc) is 2.73. The number of carbonyl (C=O) groups is 2. The average molecular weight is 396 g/mol. The Hall–Kier alpha value is -2.74. The van der Waals surface area contributed by atoms with Crippen LogP contribution in [-0.4, -0.2) is 55.6 Å². The fourth-order valence-electron chi connectivity index (χ4n) is 3.37. The lowest BCUT2D eigenvalue weighted by Crippen LogP contribution is -2.43. The number of nitrogens with one attached hydrogen (secondary N) is 2. The van der Waals surface area contributed by atoms with Crippen LogP contribution in [-0.2, 0) is 16.1 Å². The van der Waals surface area contributed by atoms with Crippen LogP contribution in [0.2, 0.25) is 0 Å². The van der Waals surface area contributed by atoms with Gasteiger partial charge in [-0.3, -0.25) is 14.5 Å². The van der Waals surface area contributed by atoms with Gasteiger partial charge in [-0.15, -0.1) is 0 Å². The lowest BCUT2D eigenvalue weighted by Gasteiger charge is -2.32. The van der Waals surface area contributed by atoms with Crippen LogP contribution >= 0.6 is 0 Å². The normalized spacial score (nSPS) is 16.9. The number of hydrogen-bond acceptors (Lipinski definition) is 5. The minimum absolute atomic E-state index is 0.171. The molecule has 0 spiro atoms. The third-order valence-electron chi connectivity index (χ3n) is 4.76. The largest absolute Gasteiger partial charge is 0.375 e. The fourth-order valence-corrected chi connectivity index (χ4v) is 3.37. The first-order chi connectivity index (χ1) is 14.2. The summed E-state index contributed by atoms with van der Waals surface area (Å²) in [6, 6.07) is 17.2. The predicted octanol–water partition coefficient (Wildman–Crippen LogP) is 1.60. The molecule has 154 valence electrons. The maximum absolute atomic E-state index is 12.6. The van der Waals surface area contributed by atoms with Crippen molar-refractivity contribution in [2.75, 3.05) is 38.1 Å². The summed E-state index contributed by atoms with van der Waals surface area (Å²) in [7, 11) is 0. The summed E-state index contributed by atoms with van der Waals surface area (Å²) in [6.45, 7) is 3.72. The lowest BCUT2D eigenvalue weighted by molar-refractivity contribution is -0.121. The molecule has 0 bridgehead atoms. The highest BCUT2D eigenvalue weighted by Crippen LogP contribution is 2.17. The van der Waals surface area contributed by atoms with Crippen molar-refractivity contribution < 1.29 is 14.3 Å². The van der Waals surface area contributed by atoms with E-state index in [1.807, 2.05) is 18.2 Å². The second kappa shape index (κ2) is 10.7. The highest BCUT2D eigenvalue weighted by atomic mass is 16.5. The molecule has 7 nitrogen and oxygen atoms in total. The van der Waals surface area contributed by atoms with E-state index in [1.54, 1.807) is 24.3 Å². The zero-order valence-electron chi connectivity index (χ0n) is 16.5. The molecule has 1 saturated heterocycles. The predicted molar refractivity (Wildman–Crippen MR) is 113 cm³/mol. The van der Waals surface area contributed by atoms with Crippen molar-refractivity contribution in [2.24, 2.45) is 5.73 Å². The summed E-state index contributed by atoms with van der Waals surface area (Å²) in [5.74, 6) is -0.426. The minimum Gasteiger partial charge on any atom is -0.375 e. The van der Waals surface area contributed by atoms with Crippen LogP contribution in [0.4, 0.5) is 5.69 Å². The first kappa shape index (κ1) is 21.0. The zero-order valence-corrected chi connectivity index (χ0v) is 16.5. The van der Waals surface area contributed by atoms with Crippen LogP contribution in [0.5, 0.6) is 0 Å². The van der Waals surface area contributed by atoms with Gasteiger partial charge in [0.1, 0.15) is 0 Å². The Bertz CT molecular complexity index is 813. The van der Waals surface area contributed by atoms with Crippen molar-refractivity contribution in [3.8, 4) is 0 Å². The van der Waals surface area contributed by atoms with Crippen LogP contribution in [0.15, 0.2) is 54.6 Å². The first-order valence-corrected chi connectivity index (χ1v) is 9.90. The summed E-state index contributed by atoms with van der Waals surface area (Å²) < 4.78 is 5.79. The van der Waals surface area contributed by atoms with E-state index < -0.39 is 0 Å². The number of nitrogens with two attached hydrogens (primary N) is 1. The summed E-state index contributed by atoms with van der Waals surface area (Å²) >= 11 is 0. The number of morpholine rings is 1. The van der Waals surface area contributed by atoms with Gasteiger partial charge < -0.3 is 21.1 Å². The molecule has 0 aromatic heterocycles. The van der Waals surface area contributed by atoms with Crippen molar-refractivity contribution in [1.29, 1.82) is 0 Å². The molecule has 3 rings (SSSR count). The lowest BCUT2D eigenvalue weighted by atomic mass is 10.1. The summed E-state index contributed by atoms with van der Waals surface area (Å²) in [5, 5.41) is 5.58. The van der Waals surface area contributed by atoms with Crippen LogP contribution in [0.25, 0.3) is 0 Å². The number of anilines is 1. The molecule has 4 N–H and O–H groups in total. The van der Waals surface area contributed by atoms with Gasteiger partial charge >= 0.3 is 0 Å².